The van der Waals surface area contributed by atoms with Crippen molar-refractivity contribution in [3.05, 3.63) is 29.3 Å². The Hall–Kier alpha value is -2.23. The highest BCUT2D eigenvalue weighted by Gasteiger charge is 2.34. The van der Waals surface area contributed by atoms with Crippen molar-refractivity contribution in [1.29, 1.82) is 5.26 Å². The van der Waals surface area contributed by atoms with E-state index < -0.39 is 30.0 Å². The zero-order valence-corrected chi connectivity index (χ0v) is 8.41. The second-order valence-corrected chi connectivity index (χ2v) is 3.08. The van der Waals surface area contributed by atoms with Crippen LogP contribution in [0.25, 0.3) is 0 Å². The number of primary amides is 1. The first-order valence-corrected chi connectivity index (χ1v) is 4.37. The van der Waals surface area contributed by atoms with Gasteiger partial charge in [0.15, 0.2) is 6.61 Å². The number of carbonyl (C=O) groups is 1. The minimum atomic E-state index is -4.67. The number of ether oxygens (including phenoxy) is 1. The highest BCUT2D eigenvalue weighted by Crippen LogP contribution is 2.36. The minimum Gasteiger partial charge on any atom is -0.483 e. The van der Waals surface area contributed by atoms with Gasteiger partial charge in [-0.15, -0.1) is 0 Å². The van der Waals surface area contributed by atoms with Crippen molar-refractivity contribution >= 4 is 5.91 Å². The van der Waals surface area contributed by atoms with Crippen molar-refractivity contribution in [1.82, 2.24) is 0 Å². The van der Waals surface area contributed by atoms with Crippen molar-refractivity contribution in [2.45, 2.75) is 6.18 Å². The second kappa shape index (κ2) is 4.74. The summed E-state index contributed by atoms with van der Waals surface area (Å²) in [7, 11) is 0. The number of amides is 1. The zero-order chi connectivity index (χ0) is 13.1. The molecule has 0 spiro atoms. The van der Waals surface area contributed by atoms with E-state index in [1.807, 2.05) is 0 Å². The van der Waals surface area contributed by atoms with Crippen molar-refractivity contribution in [2.75, 3.05) is 6.61 Å². The fourth-order valence-corrected chi connectivity index (χ4v) is 1.10. The molecule has 0 radical (unpaired) electrons. The van der Waals surface area contributed by atoms with Crippen LogP contribution in [0.15, 0.2) is 18.2 Å². The number of hydrogen-bond acceptors (Lipinski definition) is 3. The first kappa shape index (κ1) is 12.8. The number of rotatable bonds is 3. The van der Waals surface area contributed by atoms with E-state index in [0.29, 0.717) is 6.07 Å². The molecular formula is C10H7F3N2O2. The van der Waals surface area contributed by atoms with Crippen LogP contribution in [-0.4, -0.2) is 12.5 Å². The van der Waals surface area contributed by atoms with Gasteiger partial charge in [-0.1, -0.05) is 0 Å². The molecule has 7 heteroatoms. The Balaban J connectivity index is 3.12. The number of benzene rings is 1. The molecule has 0 atom stereocenters. The van der Waals surface area contributed by atoms with Crippen LogP contribution in [0.3, 0.4) is 0 Å². The van der Waals surface area contributed by atoms with E-state index in [2.05, 4.69) is 4.74 Å². The molecule has 0 unspecified atom stereocenters. The van der Waals surface area contributed by atoms with E-state index >= 15 is 0 Å². The summed E-state index contributed by atoms with van der Waals surface area (Å²) in [5.74, 6) is -1.42. The summed E-state index contributed by atoms with van der Waals surface area (Å²) in [4.78, 5) is 10.4. The Bertz CT molecular complexity index is 477. The summed E-state index contributed by atoms with van der Waals surface area (Å²) in [6.45, 7) is -0.658. The Labute approximate surface area is 94.4 Å². The predicted molar refractivity (Wildman–Crippen MR) is 50.8 cm³/mol. The van der Waals surface area contributed by atoms with Gasteiger partial charge in [-0.25, -0.2) is 0 Å². The SMILES string of the molecule is N#Cc1ccc(OCC(N)=O)c(C(F)(F)F)c1. The molecule has 1 aromatic carbocycles. The van der Waals surface area contributed by atoms with Crippen LogP contribution in [0.4, 0.5) is 13.2 Å². The lowest BCUT2D eigenvalue weighted by Crippen LogP contribution is -2.21. The zero-order valence-electron chi connectivity index (χ0n) is 8.41. The molecule has 0 fully saturated rings. The fourth-order valence-electron chi connectivity index (χ4n) is 1.10. The number of halogens is 3. The van der Waals surface area contributed by atoms with Gasteiger partial charge in [0.2, 0.25) is 0 Å². The molecule has 0 bridgehead atoms. The van der Waals surface area contributed by atoms with E-state index in [1.54, 1.807) is 6.07 Å². The van der Waals surface area contributed by atoms with Gasteiger partial charge in [-0.3, -0.25) is 4.79 Å². The van der Waals surface area contributed by atoms with E-state index in [-0.39, 0.29) is 5.56 Å². The normalized spacial score (nSPS) is 10.7. The van der Waals surface area contributed by atoms with E-state index in [4.69, 9.17) is 11.0 Å². The summed E-state index contributed by atoms with van der Waals surface area (Å²) < 4.78 is 42.4. The molecular weight excluding hydrogens is 237 g/mol. The summed E-state index contributed by atoms with van der Waals surface area (Å²) in [5.41, 5.74) is 3.50. The maximum atomic E-state index is 12.6. The molecule has 90 valence electrons. The second-order valence-electron chi connectivity index (χ2n) is 3.08. The Morgan fingerprint density at radius 1 is 1.47 bits per heavy atom. The van der Waals surface area contributed by atoms with Gasteiger partial charge in [-0.2, -0.15) is 18.4 Å². The van der Waals surface area contributed by atoms with Crippen LogP contribution in [0.1, 0.15) is 11.1 Å². The third-order valence-corrected chi connectivity index (χ3v) is 1.78. The number of carbonyl (C=O) groups excluding carboxylic acids is 1. The topological polar surface area (TPSA) is 76.1 Å². The molecule has 0 aromatic heterocycles. The lowest BCUT2D eigenvalue weighted by atomic mass is 10.1. The molecule has 2 N–H and O–H groups in total. The fraction of sp³-hybridized carbons (Fsp3) is 0.200. The monoisotopic (exact) mass is 244 g/mol. The standard InChI is InChI=1S/C10H7F3N2O2/c11-10(12,13)7-3-6(4-14)1-2-8(7)17-5-9(15)16/h1-3H,5H2,(H2,15,16). The third kappa shape index (κ3) is 3.38. The first-order chi connectivity index (χ1) is 7.84. The molecule has 1 aromatic rings. The van der Waals surface area contributed by atoms with Crippen molar-refractivity contribution in [2.24, 2.45) is 5.73 Å². The average molecular weight is 244 g/mol. The molecule has 4 nitrogen and oxygen atoms in total. The predicted octanol–water partition coefficient (Wildman–Crippen LogP) is 1.44. The molecule has 0 saturated carbocycles. The summed E-state index contributed by atoms with van der Waals surface area (Å²) in [5, 5.41) is 8.50. The molecule has 1 rings (SSSR count). The van der Waals surface area contributed by atoms with E-state index in [0.717, 1.165) is 12.1 Å². The summed E-state index contributed by atoms with van der Waals surface area (Å²) in [6.07, 6.45) is -4.67. The van der Waals surface area contributed by atoms with Gasteiger partial charge in [0.05, 0.1) is 17.2 Å². The Morgan fingerprint density at radius 3 is 2.59 bits per heavy atom. The molecule has 0 aliphatic rings. The maximum absolute atomic E-state index is 12.6. The number of nitrogens with zero attached hydrogens (tertiary/aromatic N) is 1. The minimum absolute atomic E-state index is 0.149. The van der Waals surface area contributed by atoms with Crippen molar-refractivity contribution < 1.29 is 22.7 Å². The van der Waals surface area contributed by atoms with Gasteiger partial charge in [0.1, 0.15) is 5.75 Å². The van der Waals surface area contributed by atoms with Crippen LogP contribution in [0.5, 0.6) is 5.75 Å². The number of nitriles is 1. The molecule has 17 heavy (non-hydrogen) atoms. The van der Waals surface area contributed by atoms with Crippen LogP contribution in [0.2, 0.25) is 0 Å². The molecule has 0 aliphatic heterocycles. The van der Waals surface area contributed by atoms with Crippen LogP contribution >= 0.6 is 0 Å². The van der Waals surface area contributed by atoms with Gasteiger partial charge < -0.3 is 10.5 Å². The number of hydrogen-bond donors (Lipinski definition) is 1. The molecule has 0 aliphatic carbocycles. The summed E-state index contributed by atoms with van der Waals surface area (Å²) >= 11 is 0. The first-order valence-electron chi connectivity index (χ1n) is 4.37. The highest BCUT2D eigenvalue weighted by molar-refractivity contribution is 5.75. The Morgan fingerprint density at radius 2 is 2.12 bits per heavy atom. The van der Waals surface area contributed by atoms with Crippen molar-refractivity contribution in [3.63, 3.8) is 0 Å². The van der Waals surface area contributed by atoms with Gasteiger partial charge in [0.25, 0.3) is 5.91 Å². The van der Waals surface area contributed by atoms with Gasteiger partial charge >= 0.3 is 6.18 Å². The molecule has 0 saturated heterocycles. The number of alkyl halides is 3. The average Bonchev–Trinajstić information content (AvgIpc) is 2.24. The summed E-state index contributed by atoms with van der Waals surface area (Å²) in [6, 6.07) is 4.37. The van der Waals surface area contributed by atoms with Crippen LogP contribution in [0, 0.1) is 11.3 Å². The lowest BCUT2D eigenvalue weighted by Gasteiger charge is -2.13. The van der Waals surface area contributed by atoms with Crippen LogP contribution < -0.4 is 10.5 Å². The lowest BCUT2D eigenvalue weighted by molar-refractivity contribution is -0.139. The maximum Gasteiger partial charge on any atom is 0.420 e. The Kier molecular flexibility index (Phi) is 3.58. The van der Waals surface area contributed by atoms with Gasteiger partial charge in [0, 0.05) is 0 Å². The largest absolute Gasteiger partial charge is 0.483 e. The smallest absolute Gasteiger partial charge is 0.420 e. The number of nitrogens with two attached hydrogens (primary N) is 1. The highest BCUT2D eigenvalue weighted by atomic mass is 19.4. The van der Waals surface area contributed by atoms with Crippen LogP contribution in [-0.2, 0) is 11.0 Å². The van der Waals surface area contributed by atoms with E-state index in [1.165, 1.54) is 0 Å². The third-order valence-electron chi connectivity index (χ3n) is 1.78. The molecule has 0 heterocycles. The van der Waals surface area contributed by atoms with Crippen molar-refractivity contribution in [3.8, 4) is 11.8 Å². The molecule has 1 amide bonds. The quantitative estimate of drug-likeness (QED) is 0.873. The van der Waals surface area contributed by atoms with E-state index in [9.17, 15) is 18.0 Å². The van der Waals surface area contributed by atoms with Gasteiger partial charge in [-0.05, 0) is 18.2 Å².